The maximum Gasteiger partial charge on any atom is 0.412 e. The van der Waals surface area contributed by atoms with Crippen LogP contribution in [-0.4, -0.2) is 29.2 Å². The van der Waals surface area contributed by atoms with Crippen LogP contribution >= 0.6 is 11.3 Å². The van der Waals surface area contributed by atoms with Gasteiger partial charge in [0.1, 0.15) is 5.01 Å². The number of rotatable bonds is 8. The van der Waals surface area contributed by atoms with E-state index in [1.165, 1.54) is 23.5 Å². The molecule has 1 amide bonds. The molecule has 0 saturated heterocycles. The molecule has 1 atom stereocenters. The molecule has 0 fully saturated rings. The summed E-state index contributed by atoms with van der Waals surface area (Å²) in [6.45, 7) is 4.84. The monoisotopic (exact) mass is 413 g/mol. The van der Waals surface area contributed by atoms with Gasteiger partial charge in [-0.3, -0.25) is 9.27 Å². The molecule has 11 heteroatoms. The van der Waals surface area contributed by atoms with E-state index >= 15 is 0 Å². The van der Waals surface area contributed by atoms with E-state index in [4.69, 9.17) is 9.29 Å². The van der Waals surface area contributed by atoms with Gasteiger partial charge in [0.15, 0.2) is 0 Å². The third-order valence-electron chi connectivity index (χ3n) is 3.23. The molecular formula is C16H19N3O6S2. The lowest BCUT2D eigenvalue weighted by Gasteiger charge is -2.17. The van der Waals surface area contributed by atoms with Crippen molar-refractivity contribution in [2.75, 3.05) is 4.72 Å². The first-order valence-electron chi connectivity index (χ1n) is 7.69. The van der Waals surface area contributed by atoms with Crippen LogP contribution in [0.2, 0.25) is 0 Å². The molecule has 146 valence electrons. The van der Waals surface area contributed by atoms with Gasteiger partial charge in [0, 0.05) is 5.38 Å². The molecular weight excluding hydrogens is 394 g/mol. The van der Waals surface area contributed by atoms with E-state index in [-0.39, 0.29) is 18.1 Å². The van der Waals surface area contributed by atoms with E-state index in [0.717, 1.165) is 5.56 Å². The summed E-state index contributed by atoms with van der Waals surface area (Å²) in [6.07, 6.45) is -0.339. The van der Waals surface area contributed by atoms with Gasteiger partial charge in [-0.05, 0) is 31.0 Å². The minimum atomic E-state index is -4.35. The van der Waals surface area contributed by atoms with Crippen LogP contribution in [0.25, 0.3) is 0 Å². The standard InChI is InChI=1S/C16H19N3O6S2/c1-10(2)25-16(21)18-14(15-17-13(8-20)9-26-15)7-11-3-5-12(6-4-11)19-27(22,23)24/h3-6,9,14,19-20H,1,7-8H2,2H3,(H,18,21)(H,22,23,24)/t14-/m0/s1. The largest absolute Gasteiger partial charge is 0.416 e. The molecule has 2 aromatic rings. The zero-order valence-electron chi connectivity index (χ0n) is 14.4. The minimum absolute atomic E-state index is 0.198. The Morgan fingerprint density at radius 2 is 2.04 bits per heavy atom. The molecule has 1 heterocycles. The van der Waals surface area contributed by atoms with E-state index in [9.17, 15) is 18.3 Å². The van der Waals surface area contributed by atoms with Gasteiger partial charge in [-0.1, -0.05) is 18.7 Å². The first kappa shape index (κ1) is 20.8. The number of carbonyl (C=O) groups is 1. The van der Waals surface area contributed by atoms with Crippen molar-refractivity contribution < 1.29 is 27.6 Å². The number of aromatic nitrogens is 1. The number of aliphatic hydroxyl groups is 1. The highest BCUT2D eigenvalue weighted by Crippen LogP contribution is 2.24. The lowest BCUT2D eigenvalue weighted by Crippen LogP contribution is -2.30. The molecule has 27 heavy (non-hydrogen) atoms. The van der Waals surface area contributed by atoms with Gasteiger partial charge in [0.05, 0.1) is 29.8 Å². The Kier molecular flexibility index (Phi) is 6.91. The Morgan fingerprint density at radius 3 is 2.56 bits per heavy atom. The van der Waals surface area contributed by atoms with Gasteiger partial charge in [0.2, 0.25) is 0 Å². The zero-order chi connectivity index (χ0) is 20.0. The van der Waals surface area contributed by atoms with Crippen molar-refractivity contribution in [3.63, 3.8) is 0 Å². The Labute approximate surface area is 160 Å². The lowest BCUT2D eigenvalue weighted by molar-refractivity contribution is 0.172. The molecule has 1 aromatic heterocycles. The fourth-order valence-corrected chi connectivity index (χ4v) is 3.47. The van der Waals surface area contributed by atoms with E-state index < -0.39 is 22.4 Å². The Balaban J connectivity index is 2.17. The number of nitrogens with zero attached hydrogens (tertiary/aromatic N) is 1. The van der Waals surface area contributed by atoms with E-state index in [1.54, 1.807) is 24.4 Å². The first-order valence-corrected chi connectivity index (χ1v) is 10.0. The summed E-state index contributed by atoms with van der Waals surface area (Å²) < 4.78 is 37.3. The van der Waals surface area contributed by atoms with Crippen molar-refractivity contribution in [1.82, 2.24) is 10.3 Å². The van der Waals surface area contributed by atoms with Crippen molar-refractivity contribution >= 4 is 33.4 Å². The molecule has 0 aliphatic rings. The molecule has 0 radical (unpaired) electrons. The van der Waals surface area contributed by atoms with Gasteiger partial charge in [-0.15, -0.1) is 11.3 Å². The van der Waals surface area contributed by atoms with Crippen LogP contribution in [0.5, 0.6) is 0 Å². The van der Waals surface area contributed by atoms with Crippen molar-refractivity contribution in [2.45, 2.75) is 26.0 Å². The number of aliphatic hydroxyl groups excluding tert-OH is 1. The van der Waals surface area contributed by atoms with Gasteiger partial charge >= 0.3 is 16.4 Å². The maximum absolute atomic E-state index is 11.9. The summed E-state index contributed by atoms with van der Waals surface area (Å²) in [7, 11) is -4.35. The van der Waals surface area contributed by atoms with Crippen molar-refractivity contribution in [2.24, 2.45) is 0 Å². The van der Waals surface area contributed by atoms with Gasteiger partial charge < -0.3 is 15.2 Å². The molecule has 0 spiro atoms. The smallest absolute Gasteiger partial charge is 0.412 e. The number of carbonyl (C=O) groups excluding carboxylic acids is 1. The maximum atomic E-state index is 11.9. The molecule has 1 aromatic carbocycles. The number of benzene rings is 1. The topological polar surface area (TPSA) is 138 Å². The predicted octanol–water partition coefficient (Wildman–Crippen LogP) is 2.39. The molecule has 0 unspecified atom stereocenters. The third-order valence-corrected chi connectivity index (χ3v) is 4.73. The van der Waals surface area contributed by atoms with E-state index in [0.29, 0.717) is 17.1 Å². The summed E-state index contributed by atoms with van der Waals surface area (Å²) in [5, 5.41) is 14.2. The van der Waals surface area contributed by atoms with E-state index in [2.05, 4.69) is 16.9 Å². The summed E-state index contributed by atoms with van der Waals surface area (Å²) in [6, 6.07) is 5.72. The molecule has 4 N–H and O–H groups in total. The summed E-state index contributed by atoms with van der Waals surface area (Å²) >= 11 is 1.28. The van der Waals surface area contributed by atoms with Crippen LogP contribution < -0.4 is 10.0 Å². The molecule has 9 nitrogen and oxygen atoms in total. The molecule has 2 rings (SSSR count). The molecule has 0 aliphatic carbocycles. The highest BCUT2D eigenvalue weighted by Gasteiger charge is 2.20. The summed E-state index contributed by atoms with van der Waals surface area (Å²) in [4.78, 5) is 16.2. The fraction of sp³-hybridized carbons (Fsp3) is 0.250. The van der Waals surface area contributed by atoms with Crippen molar-refractivity contribution in [3.05, 3.63) is 58.2 Å². The molecule has 0 saturated carbocycles. The molecule has 0 aliphatic heterocycles. The number of hydrogen-bond acceptors (Lipinski definition) is 7. The van der Waals surface area contributed by atoms with Crippen LogP contribution in [0.3, 0.4) is 0 Å². The third kappa shape index (κ3) is 6.98. The number of nitrogens with one attached hydrogen (secondary N) is 2. The SMILES string of the molecule is C=C(C)OC(=O)N[C@@H](Cc1ccc(NS(=O)(=O)O)cc1)c1nc(CO)cs1. The highest BCUT2D eigenvalue weighted by atomic mass is 32.2. The quantitative estimate of drug-likeness (QED) is 0.385. The number of hydrogen-bond donors (Lipinski definition) is 4. The van der Waals surface area contributed by atoms with Crippen LogP contribution in [0.15, 0.2) is 42.0 Å². The molecule has 0 bridgehead atoms. The normalized spacial score (nSPS) is 12.3. The number of thiazole rings is 1. The van der Waals surface area contributed by atoms with Crippen LogP contribution in [0, 0.1) is 0 Å². The Bertz CT molecular complexity index is 908. The van der Waals surface area contributed by atoms with E-state index in [1.807, 2.05) is 4.72 Å². The Hall–Kier alpha value is -2.47. The van der Waals surface area contributed by atoms with Crippen LogP contribution in [0.1, 0.15) is 29.2 Å². The average molecular weight is 413 g/mol. The Morgan fingerprint density at radius 1 is 1.37 bits per heavy atom. The number of allylic oxidation sites excluding steroid dienone is 1. The average Bonchev–Trinajstić information content (AvgIpc) is 3.03. The second-order valence-electron chi connectivity index (χ2n) is 5.60. The predicted molar refractivity (Wildman–Crippen MR) is 101 cm³/mol. The van der Waals surface area contributed by atoms with Gasteiger partial charge in [0.25, 0.3) is 0 Å². The summed E-state index contributed by atoms with van der Waals surface area (Å²) in [5.74, 6) is 0.238. The number of amides is 1. The second kappa shape index (κ2) is 8.95. The van der Waals surface area contributed by atoms with Gasteiger partial charge in [-0.25, -0.2) is 9.78 Å². The van der Waals surface area contributed by atoms with Crippen molar-refractivity contribution in [3.8, 4) is 0 Å². The second-order valence-corrected chi connectivity index (χ2v) is 7.65. The van der Waals surface area contributed by atoms with Crippen molar-refractivity contribution in [1.29, 1.82) is 0 Å². The fourth-order valence-electron chi connectivity index (χ4n) is 2.18. The summed E-state index contributed by atoms with van der Waals surface area (Å²) in [5.41, 5.74) is 1.46. The number of alkyl carbamates (subject to hydrolysis) is 1. The number of anilines is 1. The zero-order valence-corrected chi connectivity index (χ0v) is 16.0. The lowest BCUT2D eigenvalue weighted by atomic mass is 10.1. The van der Waals surface area contributed by atoms with Gasteiger partial charge in [-0.2, -0.15) is 8.42 Å². The number of ether oxygens (including phenoxy) is 1. The first-order chi connectivity index (χ1) is 12.7. The highest BCUT2D eigenvalue weighted by molar-refractivity contribution is 7.87. The van der Waals surface area contributed by atoms with Crippen LogP contribution in [0.4, 0.5) is 10.5 Å². The van der Waals surface area contributed by atoms with Crippen LogP contribution in [-0.2, 0) is 28.1 Å². The minimum Gasteiger partial charge on any atom is -0.416 e.